The van der Waals surface area contributed by atoms with Crippen LogP contribution in [-0.4, -0.2) is 64.2 Å². The molecule has 0 fully saturated rings. The lowest BCUT2D eigenvalue weighted by molar-refractivity contribution is -0.181. The van der Waals surface area contributed by atoms with Crippen molar-refractivity contribution < 1.29 is 42.8 Å². The fraction of sp³-hybridized carbons (Fsp3) is 0.500. The molecular weight excluding hydrogens is 360 g/mol. The second kappa shape index (κ2) is 8.83. The van der Waals surface area contributed by atoms with Crippen LogP contribution in [0.25, 0.3) is 0 Å². The third-order valence-corrected chi connectivity index (χ3v) is 3.87. The summed E-state index contributed by atoms with van der Waals surface area (Å²) in [6.07, 6.45) is 0. The number of carbonyl (C=O) groups excluding carboxylic acids is 3. The van der Waals surface area contributed by atoms with Crippen LogP contribution in [0.15, 0.2) is 12.1 Å². The second-order valence-electron chi connectivity index (χ2n) is 5.87. The molecule has 0 atom stereocenters. The summed E-state index contributed by atoms with van der Waals surface area (Å²) >= 11 is 0. The zero-order valence-corrected chi connectivity index (χ0v) is 15.7. The van der Waals surface area contributed by atoms with E-state index in [4.69, 9.17) is 18.9 Å². The van der Waals surface area contributed by atoms with Crippen LogP contribution in [0.2, 0.25) is 0 Å². The van der Waals surface area contributed by atoms with Gasteiger partial charge in [-0.1, -0.05) is 0 Å². The summed E-state index contributed by atoms with van der Waals surface area (Å²) < 4.78 is 31.5. The summed E-state index contributed by atoms with van der Waals surface area (Å²) in [5.74, 6) is -1.88. The average molecular weight is 382 g/mol. The van der Waals surface area contributed by atoms with Crippen LogP contribution in [0.3, 0.4) is 0 Å². The Morgan fingerprint density at radius 1 is 0.963 bits per heavy atom. The molecule has 1 aliphatic heterocycles. The van der Waals surface area contributed by atoms with Gasteiger partial charge in [0.25, 0.3) is 5.79 Å². The molecule has 9 nitrogen and oxygen atoms in total. The maximum absolute atomic E-state index is 11.7. The lowest BCUT2D eigenvalue weighted by atomic mass is 10.0. The van der Waals surface area contributed by atoms with E-state index in [-0.39, 0.29) is 32.2 Å². The van der Waals surface area contributed by atoms with E-state index in [1.165, 1.54) is 21.1 Å². The van der Waals surface area contributed by atoms with Gasteiger partial charge in [0.05, 0.1) is 14.2 Å². The highest BCUT2D eigenvalue weighted by Gasteiger charge is 2.44. The zero-order valence-electron chi connectivity index (χ0n) is 15.7. The molecule has 0 N–H and O–H groups in total. The van der Waals surface area contributed by atoms with E-state index in [1.54, 1.807) is 19.1 Å². The van der Waals surface area contributed by atoms with E-state index < -0.39 is 17.7 Å². The molecule has 0 aromatic heterocycles. The highest BCUT2D eigenvalue weighted by molar-refractivity contribution is 5.96. The number of hydrogen-bond acceptors (Lipinski definition) is 9. The highest BCUT2D eigenvalue weighted by Crippen LogP contribution is 2.43. The van der Waals surface area contributed by atoms with E-state index in [0.29, 0.717) is 22.6 Å². The topological polar surface area (TPSA) is 107 Å². The minimum Gasteiger partial charge on any atom is -0.467 e. The largest absolute Gasteiger partial charge is 0.467 e. The fourth-order valence-corrected chi connectivity index (χ4v) is 2.52. The molecule has 148 valence electrons. The van der Waals surface area contributed by atoms with Crippen LogP contribution < -0.4 is 9.47 Å². The number of hydrogen-bond donors (Lipinski definition) is 0. The molecule has 9 heteroatoms. The Kier molecular flexibility index (Phi) is 6.75. The maximum atomic E-state index is 11.7. The van der Waals surface area contributed by atoms with Gasteiger partial charge in [0.2, 0.25) is 0 Å². The lowest BCUT2D eigenvalue weighted by Crippen LogP contribution is -2.48. The molecule has 2 rings (SSSR count). The summed E-state index contributed by atoms with van der Waals surface area (Å²) in [4.78, 5) is 34.3. The molecular formula is C18H22O9. The van der Waals surface area contributed by atoms with Gasteiger partial charge in [0.15, 0.2) is 17.3 Å². The predicted octanol–water partition coefficient (Wildman–Crippen LogP) is 1.04. The maximum Gasteiger partial charge on any atom is 0.331 e. The van der Waals surface area contributed by atoms with E-state index in [1.807, 2.05) is 0 Å². The van der Waals surface area contributed by atoms with E-state index in [9.17, 15) is 14.4 Å². The van der Waals surface area contributed by atoms with Crippen LogP contribution in [0.1, 0.15) is 22.8 Å². The van der Waals surface area contributed by atoms with Gasteiger partial charge in [0.1, 0.15) is 26.4 Å². The summed E-state index contributed by atoms with van der Waals surface area (Å²) in [5.41, 5.74) is 1.11. The number of esters is 2. The van der Waals surface area contributed by atoms with Crippen LogP contribution >= 0.6 is 0 Å². The van der Waals surface area contributed by atoms with Crippen LogP contribution in [0, 0.1) is 6.92 Å². The van der Waals surface area contributed by atoms with Gasteiger partial charge in [-0.3, -0.25) is 4.79 Å². The molecule has 1 heterocycles. The van der Waals surface area contributed by atoms with Gasteiger partial charge in [-0.2, -0.15) is 0 Å². The Bertz CT molecular complexity index is 704. The molecule has 0 bridgehead atoms. The molecule has 1 aromatic carbocycles. The molecule has 0 amide bonds. The Labute approximate surface area is 156 Å². The summed E-state index contributed by atoms with van der Waals surface area (Å²) in [5, 5.41) is 0. The molecule has 0 spiro atoms. The third-order valence-electron chi connectivity index (χ3n) is 3.87. The van der Waals surface area contributed by atoms with Gasteiger partial charge in [-0.05, 0) is 26.0 Å². The van der Waals surface area contributed by atoms with Crippen molar-refractivity contribution in [3.05, 3.63) is 23.3 Å². The number of rotatable bonds is 9. The zero-order chi connectivity index (χ0) is 20.0. The Morgan fingerprint density at radius 3 is 2.00 bits per heavy atom. The highest BCUT2D eigenvalue weighted by atomic mass is 16.8. The number of fused-ring (bicyclic) bond motifs is 1. The molecule has 0 saturated heterocycles. The number of ketones is 1. The van der Waals surface area contributed by atoms with E-state index >= 15 is 0 Å². The first-order valence-corrected chi connectivity index (χ1v) is 8.13. The van der Waals surface area contributed by atoms with Crippen molar-refractivity contribution in [2.45, 2.75) is 19.6 Å². The van der Waals surface area contributed by atoms with Crippen molar-refractivity contribution in [3.8, 4) is 11.5 Å². The molecule has 1 aliphatic rings. The van der Waals surface area contributed by atoms with Gasteiger partial charge < -0.3 is 28.4 Å². The summed E-state index contributed by atoms with van der Waals surface area (Å²) in [6.45, 7) is 2.22. The van der Waals surface area contributed by atoms with Gasteiger partial charge in [0, 0.05) is 11.1 Å². The SMILES string of the molecule is COC(=O)COCC1(COCC(=O)OC)Oc2ccc(C(C)=O)c(C)c2O1. The number of methoxy groups -OCH3 is 2. The third kappa shape index (κ3) is 4.95. The first kappa shape index (κ1) is 20.7. The van der Waals surface area contributed by atoms with Crippen molar-refractivity contribution in [2.24, 2.45) is 0 Å². The Balaban J connectivity index is 2.17. The monoisotopic (exact) mass is 382 g/mol. The fourth-order valence-electron chi connectivity index (χ4n) is 2.52. The van der Waals surface area contributed by atoms with Gasteiger partial charge in [-0.15, -0.1) is 0 Å². The minimum absolute atomic E-state index is 0.111. The molecule has 0 unspecified atom stereocenters. The number of carbonyl (C=O) groups is 3. The van der Waals surface area contributed by atoms with Crippen LogP contribution in [0.4, 0.5) is 0 Å². The van der Waals surface area contributed by atoms with Gasteiger partial charge in [-0.25, -0.2) is 9.59 Å². The molecule has 1 aromatic rings. The van der Waals surface area contributed by atoms with Crippen molar-refractivity contribution in [1.82, 2.24) is 0 Å². The standard InChI is InChI=1S/C18H22O9/c1-11-13(12(2)19)5-6-14-17(11)27-18(26-14,9-24-7-15(20)22-3)10-25-8-16(21)23-4/h5-6H,7-10H2,1-4H3. The predicted molar refractivity (Wildman–Crippen MR) is 90.8 cm³/mol. The van der Waals surface area contributed by atoms with Crippen molar-refractivity contribution in [3.63, 3.8) is 0 Å². The lowest BCUT2D eigenvalue weighted by Gasteiger charge is -2.27. The van der Waals surface area contributed by atoms with E-state index in [0.717, 1.165) is 0 Å². The van der Waals surface area contributed by atoms with Crippen molar-refractivity contribution >= 4 is 17.7 Å². The summed E-state index contributed by atoms with van der Waals surface area (Å²) in [6, 6.07) is 3.25. The molecule has 0 radical (unpaired) electrons. The molecule has 0 aliphatic carbocycles. The minimum atomic E-state index is -1.43. The first-order chi connectivity index (χ1) is 12.8. The Hall–Kier alpha value is -2.65. The van der Waals surface area contributed by atoms with Gasteiger partial charge >= 0.3 is 11.9 Å². The van der Waals surface area contributed by atoms with Crippen molar-refractivity contribution in [2.75, 3.05) is 40.6 Å². The van der Waals surface area contributed by atoms with E-state index in [2.05, 4.69) is 9.47 Å². The molecule has 0 saturated carbocycles. The smallest absolute Gasteiger partial charge is 0.331 e. The summed E-state index contributed by atoms with van der Waals surface area (Å²) in [7, 11) is 2.48. The quantitative estimate of drug-likeness (QED) is 0.457. The van der Waals surface area contributed by atoms with Crippen LogP contribution in [-0.2, 0) is 28.5 Å². The normalized spacial score (nSPS) is 13.9. The van der Waals surface area contributed by atoms with Crippen LogP contribution in [0.5, 0.6) is 11.5 Å². The Morgan fingerprint density at radius 2 is 1.52 bits per heavy atom. The average Bonchev–Trinajstić information content (AvgIpc) is 3.01. The number of ether oxygens (including phenoxy) is 6. The van der Waals surface area contributed by atoms with Crippen molar-refractivity contribution in [1.29, 1.82) is 0 Å². The second-order valence-corrected chi connectivity index (χ2v) is 5.87. The first-order valence-electron chi connectivity index (χ1n) is 8.13. The number of benzene rings is 1. The number of Topliss-reactive ketones (excluding diaryl/α,β-unsaturated/α-hetero) is 1. The molecule has 27 heavy (non-hydrogen) atoms.